The van der Waals surface area contributed by atoms with Crippen molar-refractivity contribution in [1.82, 2.24) is 4.90 Å². The van der Waals surface area contributed by atoms with E-state index in [-0.39, 0.29) is 6.04 Å². The minimum absolute atomic E-state index is 0.286. The highest BCUT2D eigenvalue weighted by atomic mass is 16.4. The van der Waals surface area contributed by atoms with Gasteiger partial charge in [0, 0.05) is 12.6 Å². The molecule has 3 heteroatoms. The summed E-state index contributed by atoms with van der Waals surface area (Å²) in [4.78, 5) is 2.38. The SMILES string of the molecule is OC1(c2ccco2)CCN2CCCC21. The van der Waals surface area contributed by atoms with Crippen molar-refractivity contribution in [3.63, 3.8) is 0 Å². The second kappa shape index (κ2) is 2.84. The second-order valence-corrected chi connectivity index (χ2v) is 4.35. The average Bonchev–Trinajstić information content (AvgIpc) is 2.84. The third-order valence-electron chi connectivity index (χ3n) is 3.64. The molecule has 0 bridgehead atoms. The van der Waals surface area contributed by atoms with Gasteiger partial charge in [0.25, 0.3) is 0 Å². The Kier molecular flexibility index (Phi) is 1.73. The lowest BCUT2D eigenvalue weighted by atomic mass is 9.90. The maximum atomic E-state index is 10.6. The highest BCUT2D eigenvalue weighted by Gasteiger charge is 2.50. The molecular weight excluding hydrogens is 178 g/mol. The third kappa shape index (κ3) is 0.996. The van der Waals surface area contributed by atoms with Crippen LogP contribution in [0.4, 0.5) is 0 Å². The van der Waals surface area contributed by atoms with E-state index in [1.165, 1.54) is 6.42 Å². The summed E-state index contributed by atoms with van der Waals surface area (Å²) in [6.45, 7) is 2.13. The Morgan fingerprint density at radius 1 is 1.50 bits per heavy atom. The Labute approximate surface area is 83.3 Å². The van der Waals surface area contributed by atoms with Gasteiger partial charge in [-0.25, -0.2) is 0 Å². The van der Waals surface area contributed by atoms with Gasteiger partial charge in [0.2, 0.25) is 0 Å². The molecule has 14 heavy (non-hydrogen) atoms. The number of nitrogens with zero attached hydrogens (tertiary/aromatic N) is 1. The van der Waals surface area contributed by atoms with Crippen LogP contribution < -0.4 is 0 Å². The number of hydrogen-bond acceptors (Lipinski definition) is 3. The largest absolute Gasteiger partial charge is 0.466 e. The maximum Gasteiger partial charge on any atom is 0.139 e. The summed E-state index contributed by atoms with van der Waals surface area (Å²) in [7, 11) is 0. The Morgan fingerprint density at radius 3 is 3.21 bits per heavy atom. The first-order valence-corrected chi connectivity index (χ1v) is 5.31. The molecular formula is C11H15NO2. The number of fused-ring (bicyclic) bond motifs is 1. The third-order valence-corrected chi connectivity index (χ3v) is 3.64. The van der Waals surface area contributed by atoms with Crippen LogP contribution in [0.1, 0.15) is 25.0 Å². The fraction of sp³-hybridized carbons (Fsp3) is 0.636. The first-order chi connectivity index (χ1) is 6.81. The predicted molar refractivity (Wildman–Crippen MR) is 51.8 cm³/mol. The van der Waals surface area contributed by atoms with E-state index in [0.29, 0.717) is 0 Å². The van der Waals surface area contributed by atoms with Crippen LogP contribution in [0, 0.1) is 0 Å². The lowest BCUT2D eigenvalue weighted by Crippen LogP contribution is -2.38. The smallest absolute Gasteiger partial charge is 0.139 e. The van der Waals surface area contributed by atoms with Crippen LogP contribution in [-0.4, -0.2) is 29.1 Å². The van der Waals surface area contributed by atoms with Gasteiger partial charge in [-0.3, -0.25) is 4.90 Å². The Morgan fingerprint density at radius 2 is 2.43 bits per heavy atom. The quantitative estimate of drug-likeness (QED) is 0.731. The molecule has 3 rings (SSSR count). The van der Waals surface area contributed by atoms with E-state index in [9.17, 15) is 5.11 Å². The Hall–Kier alpha value is -0.800. The van der Waals surface area contributed by atoms with Crippen molar-refractivity contribution in [3.05, 3.63) is 24.2 Å². The van der Waals surface area contributed by atoms with E-state index >= 15 is 0 Å². The molecule has 0 aliphatic carbocycles. The summed E-state index contributed by atoms with van der Waals surface area (Å²) >= 11 is 0. The predicted octanol–water partition coefficient (Wildman–Crippen LogP) is 1.34. The second-order valence-electron chi connectivity index (χ2n) is 4.35. The van der Waals surface area contributed by atoms with Crippen LogP contribution in [0.3, 0.4) is 0 Å². The van der Waals surface area contributed by atoms with Gasteiger partial charge in [-0.1, -0.05) is 0 Å². The zero-order chi connectivity index (χ0) is 9.60. The summed E-state index contributed by atoms with van der Waals surface area (Å²) in [5.41, 5.74) is -0.722. The molecule has 2 saturated heterocycles. The molecule has 2 fully saturated rings. The summed E-state index contributed by atoms with van der Waals surface area (Å²) in [6, 6.07) is 4.03. The molecule has 0 spiro atoms. The fourth-order valence-corrected chi connectivity index (χ4v) is 2.93. The van der Waals surface area contributed by atoms with Crippen LogP contribution >= 0.6 is 0 Å². The number of furan rings is 1. The van der Waals surface area contributed by atoms with Gasteiger partial charge in [0.15, 0.2) is 0 Å². The summed E-state index contributed by atoms with van der Waals surface area (Å²) in [6.07, 6.45) is 4.75. The van der Waals surface area contributed by atoms with Crippen molar-refractivity contribution >= 4 is 0 Å². The molecule has 0 saturated carbocycles. The number of aliphatic hydroxyl groups is 1. The van der Waals surface area contributed by atoms with E-state index in [4.69, 9.17) is 4.42 Å². The fourth-order valence-electron chi connectivity index (χ4n) is 2.93. The van der Waals surface area contributed by atoms with Gasteiger partial charge in [-0.2, -0.15) is 0 Å². The van der Waals surface area contributed by atoms with E-state index in [1.807, 2.05) is 12.1 Å². The maximum absolute atomic E-state index is 10.6. The van der Waals surface area contributed by atoms with Gasteiger partial charge < -0.3 is 9.52 Å². The molecule has 2 unspecified atom stereocenters. The van der Waals surface area contributed by atoms with Crippen LogP contribution in [-0.2, 0) is 5.60 Å². The molecule has 0 amide bonds. The van der Waals surface area contributed by atoms with E-state index < -0.39 is 5.60 Å². The van der Waals surface area contributed by atoms with Crippen molar-refractivity contribution in [2.75, 3.05) is 13.1 Å². The molecule has 76 valence electrons. The summed E-state index contributed by atoms with van der Waals surface area (Å²) in [5, 5.41) is 10.6. The van der Waals surface area contributed by atoms with Crippen LogP contribution in [0.2, 0.25) is 0 Å². The minimum Gasteiger partial charge on any atom is -0.466 e. The highest BCUT2D eigenvalue weighted by Crippen LogP contribution is 2.42. The minimum atomic E-state index is -0.722. The van der Waals surface area contributed by atoms with E-state index in [0.717, 1.165) is 31.7 Å². The highest BCUT2D eigenvalue weighted by molar-refractivity contribution is 5.17. The topological polar surface area (TPSA) is 36.6 Å². The van der Waals surface area contributed by atoms with Crippen molar-refractivity contribution in [2.24, 2.45) is 0 Å². The standard InChI is InChI=1S/C11H15NO2/c13-11(10-4-2-8-14-10)5-7-12-6-1-3-9(11)12/h2,4,8-9,13H,1,3,5-7H2. The van der Waals surface area contributed by atoms with Crippen molar-refractivity contribution in [3.8, 4) is 0 Å². The zero-order valence-electron chi connectivity index (χ0n) is 8.15. The molecule has 2 atom stereocenters. The summed E-state index contributed by atoms with van der Waals surface area (Å²) < 4.78 is 5.35. The lowest BCUT2D eigenvalue weighted by molar-refractivity contribution is -0.0101. The van der Waals surface area contributed by atoms with Gasteiger partial charge in [0.1, 0.15) is 11.4 Å². The Bertz CT molecular complexity index is 322. The van der Waals surface area contributed by atoms with Crippen LogP contribution in [0.5, 0.6) is 0 Å². The molecule has 0 radical (unpaired) electrons. The van der Waals surface area contributed by atoms with Gasteiger partial charge in [0.05, 0.1) is 6.26 Å². The molecule has 1 aromatic heterocycles. The molecule has 1 aromatic rings. The monoisotopic (exact) mass is 193 g/mol. The lowest BCUT2D eigenvalue weighted by Gasteiger charge is -2.27. The van der Waals surface area contributed by atoms with Crippen molar-refractivity contribution in [1.29, 1.82) is 0 Å². The molecule has 0 aromatic carbocycles. The normalized spacial score (nSPS) is 37.6. The summed E-state index contributed by atoms with van der Waals surface area (Å²) in [5.74, 6) is 0.743. The van der Waals surface area contributed by atoms with Gasteiger partial charge >= 0.3 is 0 Å². The van der Waals surface area contributed by atoms with Crippen LogP contribution in [0.25, 0.3) is 0 Å². The number of hydrogen-bond donors (Lipinski definition) is 1. The Balaban J connectivity index is 1.97. The van der Waals surface area contributed by atoms with E-state index in [2.05, 4.69) is 4.90 Å². The first-order valence-electron chi connectivity index (χ1n) is 5.31. The molecule has 2 aliphatic rings. The van der Waals surface area contributed by atoms with Gasteiger partial charge in [-0.15, -0.1) is 0 Å². The molecule has 3 nitrogen and oxygen atoms in total. The number of rotatable bonds is 1. The first kappa shape index (κ1) is 8.50. The van der Waals surface area contributed by atoms with Crippen molar-refractivity contribution in [2.45, 2.75) is 30.9 Å². The average molecular weight is 193 g/mol. The van der Waals surface area contributed by atoms with Gasteiger partial charge in [-0.05, 0) is 37.9 Å². The zero-order valence-corrected chi connectivity index (χ0v) is 8.15. The van der Waals surface area contributed by atoms with Crippen LogP contribution in [0.15, 0.2) is 22.8 Å². The molecule has 2 aliphatic heterocycles. The molecule has 3 heterocycles. The molecule has 1 N–H and O–H groups in total. The van der Waals surface area contributed by atoms with E-state index in [1.54, 1.807) is 6.26 Å². The van der Waals surface area contributed by atoms with Crippen molar-refractivity contribution < 1.29 is 9.52 Å².